The number of pyridine rings is 2. The minimum atomic E-state index is -2.07. The van der Waals surface area contributed by atoms with Crippen molar-refractivity contribution in [3.63, 3.8) is 0 Å². The molecule has 18 heteroatoms. The number of fused-ring (bicyclic) bond motifs is 5. The van der Waals surface area contributed by atoms with Gasteiger partial charge in [-0.25, -0.2) is 19.0 Å². The first-order valence-corrected chi connectivity index (χ1v) is 19.0. The van der Waals surface area contributed by atoms with E-state index in [4.69, 9.17) is 20.2 Å². The summed E-state index contributed by atoms with van der Waals surface area (Å²) in [5.74, 6) is -4.47. The van der Waals surface area contributed by atoms with Gasteiger partial charge in [0, 0.05) is 29.6 Å². The molecule has 310 valence electrons. The van der Waals surface area contributed by atoms with Crippen LogP contribution in [-0.2, 0) is 58.6 Å². The van der Waals surface area contributed by atoms with Crippen molar-refractivity contribution in [1.29, 1.82) is 0 Å². The molecule has 0 saturated heterocycles. The molecule has 58 heavy (non-hydrogen) atoms. The zero-order valence-electron chi connectivity index (χ0n) is 33.6. The van der Waals surface area contributed by atoms with E-state index in [9.17, 15) is 38.7 Å². The second kappa shape index (κ2) is 15.1. The van der Waals surface area contributed by atoms with Crippen LogP contribution in [0.3, 0.4) is 0 Å². The average molecular weight is 806 g/mol. The van der Waals surface area contributed by atoms with Crippen molar-refractivity contribution in [3.05, 3.63) is 61.7 Å². The highest BCUT2D eigenvalue weighted by Gasteiger charge is 2.46. The summed E-state index contributed by atoms with van der Waals surface area (Å²) >= 11 is 0. The first kappa shape index (κ1) is 41.7. The number of nitrogens with two attached hydrogens (primary N) is 1. The number of aromatic nitrogens is 2. The molecule has 1 aliphatic carbocycles. The predicted octanol–water partition coefficient (Wildman–Crippen LogP) is 1.75. The summed E-state index contributed by atoms with van der Waals surface area (Å²) in [6, 6.07) is -1.70. The van der Waals surface area contributed by atoms with Gasteiger partial charge in [0.05, 0.1) is 41.5 Å². The number of aryl methyl sites for hydroxylation is 1. The molecule has 1 aromatic carbocycles. The second-order valence-corrected chi connectivity index (χ2v) is 16.1. The maximum atomic E-state index is 15.4. The van der Waals surface area contributed by atoms with E-state index in [1.165, 1.54) is 37.6 Å². The number of amides is 5. The number of alkyl carbamates (subject to hydrolysis) is 1. The lowest BCUT2D eigenvalue weighted by Crippen LogP contribution is -2.56. The van der Waals surface area contributed by atoms with Crippen molar-refractivity contribution >= 4 is 46.6 Å². The molecule has 0 saturated carbocycles. The summed E-state index contributed by atoms with van der Waals surface area (Å²) < 4.78 is 27.2. The van der Waals surface area contributed by atoms with Crippen molar-refractivity contribution in [3.8, 4) is 11.4 Å². The summed E-state index contributed by atoms with van der Waals surface area (Å²) in [4.78, 5) is 97.9. The molecule has 4 heterocycles. The number of nitrogens with one attached hydrogen (secondary N) is 3. The standard InChI is InChI=1S/C40H48FN7O10/c1-9-40(56)23-12-28-32-21(15-48(28)36(53)22(23)16-57-37(40)54)31-25(11-10-20-17(2)24(41)13-26(44-32)30(20)31)45-34(51)27(14-29(42)49)46-33(50)19(4)47(8)35(52)18(3)43-38(55)58-39(5,6)7/h12-13,18-19,25,27,56H,9-11,14-16H2,1-8H3,(H2,42,49)(H,43,55)(H,45,51)(H,46,50)/t18-,19?,25-,27-,40-/m0/s1. The lowest BCUT2D eigenvalue weighted by Gasteiger charge is -2.32. The number of aliphatic hydroxyl groups is 1. The van der Waals surface area contributed by atoms with Crippen LogP contribution < -0.4 is 27.2 Å². The van der Waals surface area contributed by atoms with Crippen LogP contribution in [0.5, 0.6) is 0 Å². The lowest BCUT2D eigenvalue weighted by atomic mass is 9.81. The van der Waals surface area contributed by atoms with E-state index in [2.05, 4.69) is 16.0 Å². The SMILES string of the molecule is CC[C@@]1(O)C(=O)OCc2c1cc1n(c2=O)Cc2c-1nc1cc(F)c(C)c3c1c2[C@@H](NC(=O)[C@H](CC(N)=O)NC(=O)C(C)N(C)C(=O)[C@H](C)NC(=O)OC(C)(C)C)CC3. The molecule has 5 amide bonds. The molecule has 6 N–H and O–H groups in total. The Morgan fingerprint density at radius 1 is 1.12 bits per heavy atom. The molecular formula is C40H48FN7O10. The van der Waals surface area contributed by atoms with Crippen LogP contribution in [0.25, 0.3) is 22.3 Å². The fraction of sp³-hybridized carbons (Fsp3) is 0.500. The zero-order valence-corrected chi connectivity index (χ0v) is 33.6. The summed E-state index contributed by atoms with van der Waals surface area (Å²) in [6.07, 6.45) is -0.893. The van der Waals surface area contributed by atoms with Gasteiger partial charge in [0.15, 0.2) is 5.60 Å². The number of rotatable bonds is 10. The molecule has 0 bridgehead atoms. The minimum Gasteiger partial charge on any atom is -0.458 e. The molecular weight excluding hydrogens is 757 g/mol. The first-order chi connectivity index (χ1) is 27.1. The number of cyclic esters (lactones) is 1. The van der Waals surface area contributed by atoms with Crippen LogP contribution in [0.4, 0.5) is 9.18 Å². The van der Waals surface area contributed by atoms with Crippen molar-refractivity contribution in [2.75, 3.05) is 7.05 Å². The lowest BCUT2D eigenvalue weighted by molar-refractivity contribution is -0.172. The molecule has 3 aliphatic rings. The highest BCUT2D eigenvalue weighted by atomic mass is 19.1. The number of carbonyl (C=O) groups is 6. The largest absolute Gasteiger partial charge is 0.458 e. The van der Waals surface area contributed by atoms with Gasteiger partial charge in [-0.2, -0.15) is 0 Å². The van der Waals surface area contributed by atoms with Gasteiger partial charge >= 0.3 is 12.1 Å². The number of ether oxygens (including phenoxy) is 2. The summed E-state index contributed by atoms with van der Waals surface area (Å²) in [5.41, 5.74) is 5.39. The Bertz CT molecular complexity index is 2350. The van der Waals surface area contributed by atoms with Crippen molar-refractivity contribution in [1.82, 2.24) is 30.4 Å². The molecule has 6 rings (SSSR count). The van der Waals surface area contributed by atoms with Crippen LogP contribution >= 0.6 is 0 Å². The number of benzene rings is 1. The number of nitrogens with zero attached hydrogens (tertiary/aromatic N) is 3. The van der Waals surface area contributed by atoms with Gasteiger partial charge in [-0.05, 0) is 83.6 Å². The predicted molar refractivity (Wildman–Crippen MR) is 205 cm³/mol. The van der Waals surface area contributed by atoms with Crippen molar-refractivity contribution in [2.45, 2.75) is 123 Å². The zero-order chi connectivity index (χ0) is 42.8. The Morgan fingerprint density at radius 2 is 1.81 bits per heavy atom. The first-order valence-electron chi connectivity index (χ1n) is 19.0. The summed E-state index contributed by atoms with van der Waals surface area (Å²) in [7, 11) is 1.34. The van der Waals surface area contributed by atoms with Crippen LogP contribution in [-0.4, -0.2) is 86.0 Å². The van der Waals surface area contributed by atoms with Crippen LogP contribution in [0.2, 0.25) is 0 Å². The third-order valence-corrected chi connectivity index (χ3v) is 11.1. The smallest absolute Gasteiger partial charge is 0.408 e. The quantitative estimate of drug-likeness (QED) is 0.145. The highest BCUT2D eigenvalue weighted by Crippen LogP contribution is 2.46. The van der Waals surface area contributed by atoms with Gasteiger partial charge in [0.1, 0.15) is 36.2 Å². The summed E-state index contributed by atoms with van der Waals surface area (Å²) in [6.45, 7) is 10.7. The third-order valence-electron chi connectivity index (χ3n) is 11.1. The molecule has 2 aliphatic heterocycles. The number of hydrogen-bond acceptors (Lipinski definition) is 11. The van der Waals surface area contributed by atoms with E-state index in [1.807, 2.05) is 0 Å². The minimum absolute atomic E-state index is 0.00365. The molecule has 17 nitrogen and oxygen atoms in total. The molecule has 0 fully saturated rings. The molecule has 3 aromatic rings. The van der Waals surface area contributed by atoms with Gasteiger partial charge in [-0.1, -0.05) is 6.92 Å². The normalized spacial score (nSPS) is 19.4. The monoisotopic (exact) mass is 805 g/mol. The van der Waals surface area contributed by atoms with Crippen LogP contribution in [0, 0.1) is 12.7 Å². The Labute approximate surface area is 332 Å². The van der Waals surface area contributed by atoms with Crippen molar-refractivity contribution in [2.24, 2.45) is 5.73 Å². The van der Waals surface area contributed by atoms with Gasteiger partial charge in [-0.3, -0.25) is 24.0 Å². The Morgan fingerprint density at radius 3 is 2.45 bits per heavy atom. The van der Waals surface area contributed by atoms with E-state index in [0.29, 0.717) is 45.4 Å². The topological polar surface area (TPSA) is 241 Å². The molecule has 2 aromatic heterocycles. The number of primary amides is 1. The number of halogens is 1. The number of esters is 1. The Kier molecular flexibility index (Phi) is 10.9. The van der Waals surface area contributed by atoms with E-state index in [-0.39, 0.29) is 42.6 Å². The fourth-order valence-electron chi connectivity index (χ4n) is 7.89. The number of likely N-dealkylation sites (N-methyl/N-ethyl adjacent to an activating group) is 1. The van der Waals surface area contributed by atoms with Crippen LogP contribution in [0.15, 0.2) is 16.9 Å². The van der Waals surface area contributed by atoms with Gasteiger partial charge in [-0.15, -0.1) is 0 Å². The maximum absolute atomic E-state index is 15.4. The van der Waals surface area contributed by atoms with E-state index >= 15 is 4.39 Å². The molecule has 0 radical (unpaired) electrons. The number of carbonyl (C=O) groups excluding carboxylic acids is 6. The molecule has 0 spiro atoms. The third kappa shape index (κ3) is 7.36. The fourth-order valence-corrected chi connectivity index (χ4v) is 7.89. The maximum Gasteiger partial charge on any atom is 0.408 e. The van der Waals surface area contributed by atoms with E-state index in [1.54, 1.807) is 34.6 Å². The molecule has 5 atom stereocenters. The Hall–Kier alpha value is -5.91. The van der Waals surface area contributed by atoms with Crippen LogP contribution in [0.1, 0.15) is 100 Å². The molecule has 1 unspecified atom stereocenters. The van der Waals surface area contributed by atoms with Gasteiger partial charge in [0.2, 0.25) is 23.6 Å². The van der Waals surface area contributed by atoms with Gasteiger partial charge < -0.3 is 45.7 Å². The van der Waals surface area contributed by atoms with E-state index < -0.39 is 88.9 Å². The van der Waals surface area contributed by atoms with Gasteiger partial charge in [0.25, 0.3) is 5.56 Å². The van der Waals surface area contributed by atoms with E-state index in [0.717, 1.165) is 4.90 Å². The summed E-state index contributed by atoms with van der Waals surface area (Å²) in [5, 5.41) is 19.8. The highest BCUT2D eigenvalue weighted by molar-refractivity contribution is 5.97. The second-order valence-electron chi connectivity index (χ2n) is 16.1. The average Bonchev–Trinajstić information content (AvgIpc) is 3.52. The van der Waals surface area contributed by atoms with Crippen molar-refractivity contribution < 1.29 is 47.7 Å². The number of hydrogen-bond donors (Lipinski definition) is 5. The Balaban J connectivity index is 1.32.